The number of nitrogens with one attached hydrogen (secondary N) is 3. The summed E-state index contributed by atoms with van der Waals surface area (Å²) in [7, 11) is -3.63. The average molecular weight is 485 g/mol. The lowest BCUT2D eigenvalue weighted by Gasteiger charge is -2.30. The zero-order chi connectivity index (χ0) is 23.5. The van der Waals surface area contributed by atoms with Crippen molar-refractivity contribution in [3.8, 4) is 0 Å². The minimum Gasteiger partial charge on any atom is -0.378 e. The molecule has 1 aliphatic carbocycles. The Morgan fingerprint density at radius 3 is 2.56 bits per heavy atom. The number of anilines is 1. The Morgan fingerprint density at radius 1 is 1.00 bits per heavy atom. The quantitative estimate of drug-likeness (QED) is 0.573. The molecule has 9 heteroatoms. The Bertz CT molecular complexity index is 1120. The van der Waals surface area contributed by atoms with E-state index in [-0.39, 0.29) is 21.6 Å². The molecular formula is C25H32N4O4S. The second-order valence-electron chi connectivity index (χ2n) is 9.27. The van der Waals surface area contributed by atoms with Gasteiger partial charge in [-0.15, -0.1) is 0 Å². The highest BCUT2D eigenvalue weighted by atomic mass is 32.2. The Kier molecular flexibility index (Phi) is 6.87. The Balaban J connectivity index is 1.21. The minimum absolute atomic E-state index is 0.0204. The maximum Gasteiger partial charge on any atom is 0.223 e. The number of hydrogen-bond acceptors (Lipinski definition) is 7. The van der Waals surface area contributed by atoms with Crippen molar-refractivity contribution in [2.75, 3.05) is 37.9 Å². The van der Waals surface area contributed by atoms with Crippen LogP contribution >= 0.6 is 0 Å². The zero-order valence-electron chi connectivity index (χ0n) is 19.2. The smallest absolute Gasteiger partial charge is 0.223 e. The van der Waals surface area contributed by atoms with Crippen molar-refractivity contribution >= 4 is 21.4 Å². The monoisotopic (exact) mass is 484 g/mol. The molecule has 3 fully saturated rings. The molecule has 2 aliphatic heterocycles. The van der Waals surface area contributed by atoms with Gasteiger partial charge in [0.15, 0.2) is 0 Å². The van der Waals surface area contributed by atoms with Gasteiger partial charge in [-0.2, -0.15) is 0 Å². The van der Waals surface area contributed by atoms with Gasteiger partial charge < -0.3 is 25.6 Å². The van der Waals surface area contributed by atoms with E-state index in [1.165, 1.54) is 0 Å². The fourth-order valence-electron chi connectivity index (χ4n) is 5.12. The summed E-state index contributed by atoms with van der Waals surface area (Å²) in [5.74, 6) is 0.0934. The second-order valence-corrected chi connectivity index (χ2v) is 11.2. The molecule has 3 unspecified atom stereocenters. The molecule has 2 aromatic carbocycles. The highest BCUT2D eigenvalue weighted by Crippen LogP contribution is 2.28. The summed E-state index contributed by atoms with van der Waals surface area (Å²) in [6.07, 6.45) is 2.75. The first kappa shape index (κ1) is 23.3. The summed E-state index contributed by atoms with van der Waals surface area (Å²) in [6, 6.07) is 14.7. The van der Waals surface area contributed by atoms with Crippen molar-refractivity contribution in [2.45, 2.75) is 47.7 Å². The number of carbonyl (C=O) groups is 1. The Labute approximate surface area is 201 Å². The lowest BCUT2D eigenvalue weighted by molar-refractivity contribution is -0.126. The minimum atomic E-state index is -3.63. The summed E-state index contributed by atoms with van der Waals surface area (Å²) < 4.78 is 31.8. The lowest BCUT2D eigenvalue weighted by Crippen LogP contribution is -2.44. The molecule has 3 N–H and O–H groups in total. The van der Waals surface area contributed by atoms with Gasteiger partial charge in [-0.25, -0.2) is 8.42 Å². The van der Waals surface area contributed by atoms with Crippen LogP contribution in [0.1, 0.15) is 24.8 Å². The number of carbonyl (C=O) groups excluding carboxylic acids is 1. The van der Waals surface area contributed by atoms with E-state index in [0.29, 0.717) is 31.8 Å². The van der Waals surface area contributed by atoms with E-state index in [9.17, 15) is 13.2 Å². The molecule has 34 heavy (non-hydrogen) atoms. The highest BCUT2D eigenvalue weighted by Gasteiger charge is 2.36. The van der Waals surface area contributed by atoms with Crippen LogP contribution in [0.25, 0.3) is 0 Å². The molecule has 2 aromatic rings. The number of amides is 1. The normalized spacial score (nSPS) is 25.1. The number of hydrogen-bond donors (Lipinski definition) is 3. The van der Waals surface area contributed by atoms with Crippen LogP contribution in [0, 0.1) is 5.92 Å². The third kappa shape index (κ3) is 4.98. The molecule has 5 rings (SSSR count). The fourth-order valence-corrected chi connectivity index (χ4v) is 6.42. The maximum atomic E-state index is 13.2. The number of rotatable bonds is 6. The van der Waals surface area contributed by atoms with E-state index < -0.39 is 9.84 Å². The summed E-state index contributed by atoms with van der Waals surface area (Å²) in [5, 5.41) is 9.87. The number of fused-ring (bicyclic) bond motifs is 1. The summed E-state index contributed by atoms with van der Waals surface area (Å²) >= 11 is 0. The Morgan fingerprint density at radius 2 is 1.76 bits per heavy atom. The molecule has 3 atom stereocenters. The van der Waals surface area contributed by atoms with Gasteiger partial charge in [-0.1, -0.05) is 18.2 Å². The van der Waals surface area contributed by atoms with Crippen LogP contribution in [-0.2, 0) is 25.9 Å². The van der Waals surface area contributed by atoms with E-state index in [1.54, 1.807) is 42.5 Å². The molecule has 182 valence electrons. The van der Waals surface area contributed by atoms with Crippen molar-refractivity contribution in [3.05, 3.63) is 54.1 Å². The number of sulfone groups is 1. The third-order valence-corrected chi connectivity index (χ3v) is 8.92. The van der Waals surface area contributed by atoms with Gasteiger partial charge in [0.05, 0.1) is 23.0 Å². The predicted octanol–water partition coefficient (Wildman–Crippen LogP) is 1.66. The molecule has 1 amide bonds. The third-order valence-electron chi connectivity index (χ3n) is 7.15. The predicted molar refractivity (Wildman–Crippen MR) is 129 cm³/mol. The molecule has 1 saturated carbocycles. The molecule has 8 nitrogen and oxygen atoms in total. The SMILES string of the molecule is O=C(NCc1ccc(S(=O)(=O)c2cccc(N3CCOCC3)c2)cc1)C1CCC2NCNC2C1. The molecular weight excluding hydrogens is 452 g/mol. The van der Waals surface area contributed by atoms with Gasteiger partial charge >= 0.3 is 0 Å². The van der Waals surface area contributed by atoms with Crippen molar-refractivity contribution in [1.29, 1.82) is 0 Å². The van der Waals surface area contributed by atoms with Crippen LogP contribution in [0.3, 0.4) is 0 Å². The highest BCUT2D eigenvalue weighted by molar-refractivity contribution is 7.91. The van der Waals surface area contributed by atoms with E-state index in [4.69, 9.17) is 4.74 Å². The Hall–Kier alpha value is -2.46. The first-order valence-electron chi connectivity index (χ1n) is 12.0. The fraction of sp³-hybridized carbons (Fsp3) is 0.480. The van der Waals surface area contributed by atoms with Crippen molar-refractivity contribution in [1.82, 2.24) is 16.0 Å². The topological polar surface area (TPSA) is 99.8 Å². The van der Waals surface area contributed by atoms with Crippen molar-refractivity contribution in [2.24, 2.45) is 5.92 Å². The van der Waals surface area contributed by atoms with Crippen LogP contribution in [-0.4, -0.2) is 59.4 Å². The van der Waals surface area contributed by atoms with Crippen LogP contribution in [0.4, 0.5) is 5.69 Å². The number of benzene rings is 2. The van der Waals surface area contributed by atoms with Crippen molar-refractivity contribution < 1.29 is 17.9 Å². The van der Waals surface area contributed by atoms with Gasteiger partial charge in [0, 0.05) is 50.0 Å². The van der Waals surface area contributed by atoms with Gasteiger partial charge in [0.25, 0.3) is 0 Å². The summed E-state index contributed by atoms with van der Waals surface area (Å²) in [5.41, 5.74) is 1.77. The molecule has 0 bridgehead atoms. The maximum absolute atomic E-state index is 13.2. The van der Waals surface area contributed by atoms with Crippen LogP contribution in [0.15, 0.2) is 58.3 Å². The average Bonchev–Trinajstić information content (AvgIpc) is 3.36. The lowest BCUT2D eigenvalue weighted by atomic mass is 9.82. The molecule has 3 aliphatic rings. The van der Waals surface area contributed by atoms with Gasteiger partial charge in [-0.3, -0.25) is 4.79 Å². The van der Waals surface area contributed by atoms with Crippen LogP contribution < -0.4 is 20.9 Å². The van der Waals surface area contributed by atoms with Crippen LogP contribution in [0.2, 0.25) is 0 Å². The van der Waals surface area contributed by atoms with Gasteiger partial charge in [0.2, 0.25) is 15.7 Å². The molecule has 0 spiro atoms. The van der Waals surface area contributed by atoms with Gasteiger partial charge in [-0.05, 0) is 55.2 Å². The largest absolute Gasteiger partial charge is 0.378 e. The molecule has 2 saturated heterocycles. The standard InChI is InChI=1S/C25H32N4O4S/c30-25(19-6-9-23-24(14-19)28-17-27-23)26-16-18-4-7-21(8-5-18)34(31,32)22-3-1-2-20(15-22)29-10-12-33-13-11-29/h1-5,7-8,15,19,23-24,27-28H,6,9-14,16-17H2,(H,26,30). The van der Waals surface area contributed by atoms with Crippen molar-refractivity contribution in [3.63, 3.8) is 0 Å². The summed E-state index contributed by atoms with van der Waals surface area (Å²) in [4.78, 5) is 15.3. The number of morpholine rings is 1. The summed E-state index contributed by atoms with van der Waals surface area (Å²) in [6.45, 7) is 3.99. The molecule has 0 radical (unpaired) electrons. The van der Waals surface area contributed by atoms with E-state index in [1.807, 2.05) is 6.07 Å². The first-order valence-corrected chi connectivity index (χ1v) is 13.5. The number of ether oxygens (including phenoxy) is 1. The van der Waals surface area contributed by atoms with E-state index >= 15 is 0 Å². The van der Waals surface area contributed by atoms with Gasteiger partial charge in [0.1, 0.15) is 0 Å². The van der Waals surface area contributed by atoms with Crippen LogP contribution in [0.5, 0.6) is 0 Å². The zero-order valence-corrected chi connectivity index (χ0v) is 20.0. The molecule has 2 heterocycles. The van der Waals surface area contributed by atoms with E-state index in [0.717, 1.165) is 50.3 Å². The van der Waals surface area contributed by atoms with E-state index in [2.05, 4.69) is 20.9 Å². The first-order chi connectivity index (χ1) is 16.5. The number of nitrogens with zero attached hydrogens (tertiary/aromatic N) is 1. The molecule has 0 aromatic heterocycles. The second kappa shape index (κ2) is 10.0.